The summed E-state index contributed by atoms with van der Waals surface area (Å²) in [5.41, 5.74) is 4.61. The number of rotatable bonds is 5. The molecule has 9 nitrogen and oxygen atoms in total. The first kappa shape index (κ1) is 21.8. The van der Waals surface area contributed by atoms with Gasteiger partial charge >= 0.3 is 0 Å². The predicted octanol–water partition coefficient (Wildman–Crippen LogP) is 3.52. The molecule has 0 atom stereocenters. The van der Waals surface area contributed by atoms with Gasteiger partial charge in [-0.1, -0.05) is 6.07 Å². The fraction of sp³-hybridized carbons (Fsp3) is 0.240. The quantitative estimate of drug-likeness (QED) is 0.459. The maximum atomic E-state index is 12.1. The number of nitrogens with zero attached hydrogens (tertiary/aromatic N) is 5. The standard InChI is InChI=1S/C25H24N6O3S/c1-3-30-23-18(24-27-13-16(2)31(24)20-6-5-10-26-25(20)30)12-17(14-28-23)9-11-34-21-7-4-8-22-19(21)15-29-35(22,32)33/h4-8,10,12-14,29H,3,9,11,15H2,1-2H3. The highest BCUT2D eigenvalue weighted by molar-refractivity contribution is 7.89. The second kappa shape index (κ2) is 8.17. The summed E-state index contributed by atoms with van der Waals surface area (Å²) in [5, 5.41) is 0. The van der Waals surface area contributed by atoms with E-state index in [2.05, 4.69) is 38.2 Å². The van der Waals surface area contributed by atoms with Crippen LogP contribution in [0.2, 0.25) is 0 Å². The van der Waals surface area contributed by atoms with E-state index in [9.17, 15) is 8.42 Å². The van der Waals surface area contributed by atoms with E-state index in [0.717, 1.165) is 40.0 Å². The lowest BCUT2D eigenvalue weighted by atomic mass is 10.1. The number of sulfonamides is 1. The minimum absolute atomic E-state index is 0.248. The maximum Gasteiger partial charge on any atom is 0.241 e. The Hall–Kier alpha value is -3.76. The first-order valence-corrected chi connectivity index (χ1v) is 13.0. The zero-order valence-electron chi connectivity index (χ0n) is 19.4. The molecular formula is C25H24N6O3S. The average Bonchev–Trinajstić information content (AvgIpc) is 3.36. The van der Waals surface area contributed by atoms with Crippen molar-refractivity contribution in [3.05, 3.63) is 71.8 Å². The van der Waals surface area contributed by atoms with Crippen LogP contribution in [0.1, 0.15) is 23.7 Å². The number of fused-ring (bicyclic) bond motifs is 6. The summed E-state index contributed by atoms with van der Waals surface area (Å²) in [5.74, 6) is 3.08. The molecule has 0 bridgehead atoms. The highest BCUT2D eigenvalue weighted by Gasteiger charge is 2.29. The molecule has 5 heterocycles. The van der Waals surface area contributed by atoms with Gasteiger partial charge in [-0.15, -0.1) is 0 Å². The van der Waals surface area contributed by atoms with Gasteiger partial charge in [0, 0.05) is 49.4 Å². The molecule has 0 saturated carbocycles. The third kappa shape index (κ3) is 3.48. The molecule has 0 unspecified atom stereocenters. The first-order valence-electron chi connectivity index (χ1n) is 11.5. The van der Waals surface area contributed by atoms with Crippen LogP contribution >= 0.6 is 0 Å². The third-order valence-corrected chi connectivity index (χ3v) is 7.89. The number of aromatic nitrogens is 4. The molecule has 2 aliphatic heterocycles. The Kier molecular flexibility index (Phi) is 5.08. The summed E-state index contributed by atoms with van der Waals surface area (Å²) in [6, 6.07) is 11.2. The molecule has 0 spiro atoms. The molecule has 0 saturated heterocycles. The molecule has 6 rings (SSSR count). The van der Waals surface area contributed by atoms with Gasteiger partial charge in [-0.25, -0.2) is 28.1 Å². The smallest absolute Gasteiger partial charge is 0.241 e. The van der Waals surface area contributed by atoms with E-state index in [1.807, 2.05) is 25.4 Å². The highest BCUT2D eigenvalue weighted by Crippen LogP contribution is 2.41. The van der Waals surface area contributed by atoms with Crippen molar-refractivity contribution in [3.63, 3.8) is 0 Å². The molecule has 0 amide bonds. The van der Waals surface area contributed by atoms with Crippen molar-refractivity contribution in [3.8, 4) is 22.8 Å². The van der Waals surface area contributed by atoms with Crippen LogP contribution in [0, 0.1) is 6.92 Å². The molecule has 2 aliphatic rings. The number of hydrogen-bond acceptors (Lipinski definition) is 7. The van der Waals surface area contributed by atoms with Crippen LogP contribution in [0.5, 0.6) is 5.75 Å². The van der Waals surface area contributed by atoms with Gasteiger partial charge in [0.05, 0.1) is 22.8 Å². The second-order valence-electron chi connectivity index (χ2n) is 8.52. The van der Waals surface area contributed by atoms with E-state index in [-0.39, 0.29) is 11.4 Å². The molecule has 1 aromatic carbocycles. The zero-order valence-corrected chi connectivity index (χ0v) is 20.2. The molecule has 0 aliphatic carbocycles. The highest BCUT2D eigenvalue weighted by atomic mass is 32.2. The summed E-state index contributed by atoms with van der Waals surface area (Å²) >= 11 is 0. The van der Waals surface area contributed by atoms with Gasteiger partial charge in [0.2, 0.25) is 10.0 Å². The van der Waals surface area contributed by atoms with E-state index in [1.54, 1.807) is 24.4 Å². The van der Waals surface area contributed by atoms with Crippen LogP contribution in [-0.2, 0) is 23.0 Å². The Morgan fingerprint density at radius 3 is 2.83 bits per heavy atom. The zero-order chi connectivity index (χ0) is 24.2. The van der Waals surface area contributed by atoms with E-state index < -0.39 is 10.0 Å². The van der Waals surface area contributed by atoms with Crippen LogP contribution in [0.15, 0.2) is 59.9 Å². The topological polar surface area (TPSA) is 102 Å². The first-order chi connectivity index (χ1) is 17.0. The molecule has 10 heteroatoms. The molecule has 4 aromatic rings. The van der Waals surface area contributed by atoms with Crippen LogP contribution in [0.25, 0.3) is 17.1 Å². The lowest BCUT2D eigenvalue weighted by molar-refractivity contribution is 0.317. The Labute approximate surface area is 203 Å². The minimum Gasteiger partial charge on any atom is -0.493 e. The number of hydrogen-bond donors (Lipinski definition) is 1. The van der Waals surface area contributed by atoms with Crippen LogP contribution < -0.4 is 14.4 Å². The normalized spacial score (nSPS) is 15.1. The largest absolute Gasteiger partial charge is 0.493 e. The number of aryl methyl sites for hydroxylation is 1. The Bertz CT molecular complexity index is 1560. The SMILES string of the molecule is CCN1c2ncc(CCOc3cccc4c3CNS4(=O)=O)cc2-c2ncc(C)n2-c2cccnc21. The van der Waals surface area contributed by atoms with Gasteiger partial charge in [0.15, 0.2) is 5.82 Å². The summed E-state index contributed by atoms with van der Waals surface area (Å²) in [6.45, 7) is 5.47. The Morgan fingerprint density at radius 2 is 1.97 bits per heavy atom. The lowest BCUT2D eigenvalue weighted by Crippen LogP contribution is -2.20. The van der Waals surface area contributed by atoms with Gasteiger partial charge in [-0.3, -0.25) is 4.57 Å². The van der Waals surface area contributed by atoms with Crippen LogP contribution in [-0.4, -0.2) is 41.1 Å². The number of pyridine rings is 2. The van der Waals surface area contributed by atoms with Gasteiger partial charge in [-0.2, -0.15) is 0 Å². The third-order valence-electron chi connectivity index (χ3n) is 6.40. The van der Waals surface area contributed by atoms with Gasteiger partial charge in [0.25, 0.3) is 0 Å². The molecule has 1 N–H and O–H groups in total. The second-order valence-corrected chi connectivity index (χ2v) is 10.3. The van der Waals surface area contributed by atoms with Crippen molar-refractivity contribution in [1.29, 1.82) is 0 Å². The van der Waals surface area contributed by atoms with Crippen molar-refractivity contribution < 1.29 is 13.2 Å². The summed E-state index contributed by atoms with van der Waals surface area (Å²) in [6.07, 6.45) is 6.14. The number of benzene rings is 1. The lowest BCUT2D eigenvalue weighted by Gasteiger charge is -2.22. The number of ether oxygens (including phenoxy) is 1. The van der Waals surface area contributed by atoms with Crippen molar-refractivity contribution in [1.82, 2.24) is 24.2 Å². The van der Waals surface area contributed by atoms with Crippen molar-refractivity contribution >= 4 is 21.7 Å². The van der Waals surface area contributed by atoms with Crippen molar-refractivity contribution in [2.45, 2.75) is 31.7 Å². The van der Waals surface area contributed by atoms with E-state index in [1.165, 1.54) is 0 Å². The maximum absolute atomic E-state index is 12.1. The fourth-order valence-corrected chi connectivity index (χ4v) is 5.99. The Balaban J connectivity index is 1.32. The Morgan fingerprint density at radius 1 is 1.09 bits per heavy atom. The average molecular weight is 489 g/mol. The number of nitrogens with one attached hydrogen (secondary N) is 1. The molecule has 35 heavy (non-hydrogen) atoms. The number of anilines is 2. The minimum atomic E-state index is -3.43. The summed E-state index contributed by atoms with van der Waals surface area (Å²) in [4.78, 5) is 16.6. The van der Waals surface area contributed by atoms with Crippen molar-refractivity contribution in [2.75, 3.05) is 18.1 Å². The van der Waals surface area contributed by atoms with Crippen LogP contribution in [0.3, 0.4) is 0 Å². The monoisotopic (exact) mass is 488 g/mol. The van der Waals surface area contributed by atoms with Crippen LogP contribution in [0.4, 0.5) is 11.6 Å². The molecule has 178 valence electrons. The number of imidazole rings is 1. The summed E-state index contributed by atoms with van der Waals surface area (Å²) in [7, 11) is -3.43. The van der Waals surface area contributed by atoms with E-state index in [0.29, 0.717) is 30.9 Å². The van der Waals surface area contributed by atoms with Gasteiger partial charge in [0.1, 0.15) is 17.4 Å². The molecule has 0 radical (unpaired) electrons. The van der Waals surface area contributed by atoms with Gasteiger partial charge in [-0.05, 0) is 49.7 Å². The molecular weight excluding hydrogens is 464 g/mol. The molecule has 0 fully saturated rings. The van der Waals surface area contributed by atoms with Crippen molar-refractivity contribution in [2.24, 2.45) is 0 Å². The summed E-state index contributed by atoms with van der Waals surface area (Å²) < 4.78 is 34.9. The van der Waals surface area contributed by atoms with E-state index in [4.69, 9.17) is 14.7 Å². The fourth-order valence-electron chi connectivity index (χ4n) is 4.75. The predicted molar refractivity (Wildman–Crippen MR) is 132 cm³/mol. The van der Waals surface area contributed by atoms with E-state index >= 15 is 0 Å². The molecule has 3 aromatic heterocycles. The van der Waals surface area contributed by atoms with Gasteiger partial charge < -0.3 is 9.64 Å².